The number of carbonyl (C=O) groups excluding carboxylic acids is 2. The summed E-state index contributed by atoms with van der Waals surface area (Å²) in [5, 5.41) is 15.8. The van der Waals surface area contributed by atoms with Crippen molar-refractivity contribution in [2.75, 3.05) is 6.61 Å². The van der Waals surface area contributed by atoms with E-state index in [4.69, 9.17) is 24.5 Å². The molecule has 2 N–H and O–H groups in total. The van der Waals surface area contributed by atoms with Crippen LogP contribution >= 0.6 is 0 Å². The molecule has 1 aliphatic carbocycles. The van der Waals surface area contributed by atoms with E-state index in [0.29, 0.717) is 29.0 Å². The number of nitrogens with zero attached hydrogens (tertiary/aromatic N) is 3. The van der Waals surface area contributed by atoms with Crippen LogP contribution in [0.3, 0.4) is 0 Å². The molecule has 9 heteroatoms. The van der Waals surface area contributed by atoms with Gasteiger partial charge in [-0.05, 0) is 132 Å². The number of carbonyl (C=O) groups is 2. The summed E-state index contributed by atoms with van der Waals surface area (Å²) in [7, 11) is 0. The molecule has 0 aromatic rings. The van der Waals surface area contributed by atoms with Crippen LogP contribution in [0.25, 0.3) is 0 Å². The highest BCUT2D eigenvalue weighted by Crippen LogP contribution is 2.49. The molecule has 0 unspecified atom stereocenters. The van der Waals surface area contributed by atoms with E-state index in [9.17, 15) is 14.7 Å². The fourth-order valence-electron chi connectivity index (χ4n) is 10.4. The lowest BCUT2D eigenvalue weighted by Crippen LogP contribution is -2.27. The summed E-state index contributed by atoms with van der Waals surface area (Å²) >= 11 is 0. The summed E-state index contributed by atoms with van der Waals surface area (Å²) in [4.78, 5) is 43.0. The number of nitrogens with one attached hydrogen (secondary N) is 1. The summed E-state index contributed by atoms with van der Waals surface area (Å²) in [5.41, 5.74) is 13.3. The Labute approximate surface area is 396 Å². The van der Waals surface area contributed by atoms with Crippen molar-refractivity contribution >= 4 is 29.1 Å². The highest BCUT2D eigenvalue weighted by atomic mass is 16.5. The van der Waals surface area contributed by atoms with Crippen molar-refractivity contribution in [2.45, 2.75) is 166 Å². The van der Waals surface area contributed by atoms with Gasteiger partial charge in [0, 0.05) is 46.4 Å². The molecule has 0 aromatic carbocycles. The van der Waals surface area contributed by atoms with Gasteiger partial charge in [0.15, 0.2) is 0 Å². The number of hydrogen-bond acceptors (Lipinski definition) is 9. The van der Waals surface area contributed by atoms with E-state index in [1.54, 1.807) is 13.8 Å². The van der Waals surface area contributed by atoms with Crippen LogP contribution in [0.1, 0.15) is 160 Å². The lowest BCUT2D eigenvalue weighted by Gasteiger charge is -2.21. The van der Waals surface area contributed by atoms with E-state index in [-0.39, 0.29) is 36.6 Å². The lowest BCUT2D eigenvalue weighted by molar-refractivity contribution is -0.150. The molecule has 0 saturated carbocycles. The maximum absolute atomic E-state index is 14.1. The first-order chi connectivity index (χ1) is 31.4. The topological polar surface area (TPSA) is 122 Å². The van der Waals surface area contributed by atoms with Crippen LogP contribution in [0.2, 0.25) is 0 Å². The maximum atomic E-state index is 14.1. The van der Waals surface area contributed by atoms with Gasteiger partial charge in [0.2, 0.25) is 0 Å². The lowest BCUT2D eigenvalue weighted by atomic mass is 9.84. The fraction of sp³-hybridized carbons (Fsp3) is 0.561. The van der Waals surface area contributed by atoms with Crippen molar-refractivity contribution in [2.24, 2.45) is 50.5 Å². The molecule has 9 nitrogen and oxygen atoms in total. The first-order valence-electron chi connectivity index (χ1n) is 25.1. The highest BCUT2D eigenvalue weighted by Gasteiger charge is 2.49. The summed E-state index contributed by atoms with van der Waals surface area (Å²) in [6, 6.07) is 0. The van der Waals surface area contributed by atoms with Gasteiger partial charge in [0.25, 0.3) is 0 Å². The Hall–Kier alpha value is -5.05. The molecule has 5 heterocycles. The second-order valence-corrected chi connectivity index (χ2v) is 20.5. The van der Waals surface area contributed by atoms with Gasteiger partial charge >= 0.3 is 11.9 Å². The average Bonchev–Trinajstić information content (AvgIpc) is 4.00. The fourth-order valence-corrected chi connectivity index (χ4v) is 10.4. The third kappa shape index (κ3) is 11.4. The molecule has 66 heavy (non-hydrogen) atoms. The third-order valence-corrected chi connectivity index (χ3v) is 14.5. The van der Waals surface area contributed by atoms with E-state index in [1.807, 2.05) is 31.2 Å². The summed E-state index contributed by atoms with van der Waals surface area (Å²) in [6.45, 7) is 29.9. The molecule has 5 atom stereocenters. The molecule has 1 saturated heterocycles. The largest absolute Gasteiger partial charge is 0.510 e. The van der Waals surface area contributed by atoms with Gasteiger partial charge in [0.1, 0.15) is 18.3 Å². The number of rotatable bonds is 21. The van der Waals surface area contributed by atoms with Gasteiger partial charge in [-0.1, -0.05) is 105 Å². The van der Waals surface area contributed by atoms with Crippen LogP contribution in [0.5, 0.6) is 0 Å². The average molecular weight is 899 g/mol. The monoisotopic (exact) mass is 899 g/mol. The third-order valence-electron chi connectivity index (χ3n) is 14.5. The van der Waals surface area contributed by atoms with Gasteiger partial charge in [-0.3, -0.25) is 9.59 Å². The molecule has 6 aliphatic rings. The Balaban J connectivity index is 1.22. The molecule has 1 fully saturated rings. The Morgan fingerprint density at radius 1 is 0.848 bits per heavy atom. The zero-order chi connectivity index (χ0) is 48.0. The first kappa shape index (κ1) is 50.4. The summed E-state index contributed by atoms with van der Waals surface area (Å²) in [6.07, 6.45) is 22.3. The van der Waals surface area contributed by atoms with Crippen molar-refractivity contribution < 1.29 is 24.2 Å². The minimum absolute atomic E-state index is 0.0756. The van der Waals surface area contributed by atoms with Crippen molar-refractivity contribution in [1.82, 2.24) is 5.32 Å². The highest BCUT2D eigenvalue weighted by molar-refractivity contribution is 6.24. The second kappa shape index (κ2) is 22.2. The van der Waals surface area contributed by atoms with Crippen LogP contribution in [0.4, 0.5) is 0 Å². The maximum Gasteiger partial charge on any atom is 0.321 e. The van der Waals surface area contributed by atoms with Gasteiger partial charge in [-0.15, -0.1) is 0 Å². The van der Waals surface area contributed by atoms with E-state index < -0.39 is 18.0 Å². The Morgan fingerprint density at radius 2 is 1.50 bits per heavy atom. The normalized spacial score (nSPS) is 22.5. The predicted molar refractivity (Wildman–Crippen MR) is 271 cm³/mol. The number of aliphatic hydroxyl groups is 1. The van der Waals surface area contributed by atoms with Crippen molar-refractivity contribution in [3.63, 3.8) is 0 Å². The van der Waals surface area contributed by atoms with Gasteiger partial charge in [0.05, 0.1) is 40.3 Å². The number of esters is 2. The number of hydrogen-bond donors (Lipinski definition) is 2. The Kier molecular flexibility index (Phi) is 16.9. The van der Waals surface area contributed by atoms with Gasteiger partial charge < -0.3 is 19.9 Å². The van der Waals surface area contributed by atoms with Gasteiger partial charge in [-0.2, -0.15) is 0 Å². The minimum atomic E-state index is -1.09. The molecular weight excluding hydrogens is 821 g/mol. The van der Waals surface area contributed by atoms with E-state index >= 15 is 0 Å². The molecule has 6 rings (SSSR count). The number of aliphatic imine (C=N–C) groups is 3. The van der Waals surface area contributed by atoms with E-state index in [0.717, 1.165) is 99.1 Å². The van der Waals surface area contributed by atoms with E-state index in [2.05, 4.69) is 80.3 Å². The summed E-state index contributed by atoms with van der Waals surface area (Å²) < 4.78 is 11.6. The quantitative estimate of drug-likeness (QED) is 0.0874. The van der Waals surface area contributed by atoms with Crippen LogP contribution in [-0.2, 0) is 19.1 Å². The number of ether oxygens (including phenoxy) is 2. The zero-order valence-electron chi connectivity index (χ0n) is 42.2. The Bertz CT molecular complexity index is 2350. The molecule has 0 amide bonds. The Morgan fingerprint density at radius 3 is 2.15 bits per heavy atom. The van der Waals surface area contributed by atoms with Gasteiger partial charge in [-0.25, -0.2) is 15.0 Å². The molecule has 356 valence electrons. The number of allylic oxidation sites excluding steroid dienone is 12. The van der Waals surface area contributed by atoms with Crippen molar-refractivity contribution in [3.8, 4) is 0 Å². The second-order valence-electron chi connectivity index (χ2n) is 20.5. The number of aliphatic hydroxyl groups excluding tert-OH is 1. The van der Waals surface area contributed by atoms with Crippen molar-refractivity contribution in [3.05, 3.63) is 116 Å². The molecule has 0 spiro atoms. The van der Waals surface area contributed by atoms with Crippen LogP contribution < -0.4 is 5.32 Å². The summed E-state index contributed by atoms with van der Waals surface area (Å²) in [5.74, 6) is -0.00508. The molecule has 0 radical (unpaired) electrons. The van der Waals surface area contributed by atoms with Crippen LogP contribution in [-0.4, -0.2) is 46.9 Å². The SMILES string of the molecule is C=CC1=C(C)C2=NC1=CC1=NC(=CC3=C(C)C4=C(O)[C@@H](C(=O)OC(C)C)C(=C5NC(=C2)[C@@H](C)[C@@H]5CCC(=O)OC/C=C(\C)CCC[C@H](C)CCC[C@H](C)CCCC(C)C)C4=N3)C(CC)=C1C. The smallest absolute Gasteiger partial charge is 0.321 e. The molecule has 0 aromatic heterocycles. The van der Waals surface area contributed by atoms with Crippen LogP contribution in [0, 0.1) is 35.5 Å². The zero-order valence-corrected chi connectivity index (χ0v) is 42.2. The standard InChI is InChI=1S/C57H78N4O5/c1-14-41-37(10)44-29-46-39(12)43(25-26-50(62)65-28-27-36(9)24-18-23-35(8)22-17-21-34(7)20-16-19-32(3)4)54(60-46)52-53(57(64)66-33(5)6)56(63)51-40(13)47(61-55(51)52)31-49-42(15-2)38(11)45(59-49)30-48(41)58-44/h14,27,29-35,39,43,53,60,63H,1,15-26,28H2,2-13H3/b36-27+,46-29?,48-30?,49-31?,54-52?/t34-,35-,39+,43+,53+/m1/s1. The minimum Gasteiger partial charge on any atom is -0.510 e. The predicted octanol–water partition coefficient (Wildman–Crippen LogP) is 13.7. The van der Waals surface area contributed by atoms with E-state index in [1.165, 1.54) is 50.5 Å². The molecular formula is C57H78N4O5. The molecule has 8 bridgehead atoms. The molecule has 5 aliphatic heterocycles. The van der Waals surface area contributed by atoms with Crippen molar-refractivity contribution in [1.29, 1.82) is 0 Å². The number of fused-ring (bicyclic) bond motifs is 5. The first-order valence-corrected chi connectivity index (χ1v) is 25.1. The van der Waals surface area contributed by atoms with Crippen LogP contribution in [0.15, 0.2) is 131 Å².